The highest BCUT2D eigenvalue weighted by atomic mass is 32.1. The highest BCUT2D eigenvalue weighted by Gasteiger charge is 2.16. The van der Waals surface area contributed by atoms with Crippen LogP contribution in [0.1, 0.15) is 5.56 Å². The fourth-order valence-corrected chi connectivity index (χ4v) is 4.06. The Morgan fingerprint density at radius 1 is 1.04 bits per heavy atom. The molecular formula is C21H18N2O3S. The highest BCUT2D eigenvalue weighted by molar-refractivity contribution is 7.17. The molecule has 0 saturated carbocycles. The number of aryl methyl sites for hydroxylation is 1. The minimum Gasteiger partial charge on any atom is -0.493 e. The molecule has 4 rings (SSSR count). The number of rotatable bonds is 4. The Labute approximate surface area is 160 Å². The smallest absolute Gasteiger partial charge is 0.267 e. The summed E-state index contributed by atoms with van der Waals surface area (Å²) in [6.07, 6.45) is 1.60. The molecule has 2 aromatic carbocycles. The molecule has 6 heteroatoms. The summed E-state index contributed by atoms with van der Waals surface area (Å²) in [5.74, 6) is 1.27. The summed E-state index contributed by atoms with van der Waals surface area (Å²) in [5.41, 5.74) is 3.50. The third-order valence-corrected chi connectivity index (χ3v) is 5.45. The van der Waals surface area contributed by atoms with E-state index in [1.165, 1.54) is 11.3 Å². The molecule has 5 nitrogen and oxygen atoms in total. The molecule has 0 saturated heterocycles. The van der Waals surface area contributed by atoms with E-state index in [1.54, 1.807) is 25.1 Å². The lowest BCUT2D eigenvalue weighted by atomic mass is 10.1. The number of fused-ring (bicyclic) bond motifs is 1. The summed E-state index contributed by atoms with van der Waals surface area (Å²) < 4.78 is 12.3. The minimum absolute atomic E-state index is 0.0830. The van der Waals surface area contributed by atoms with Crippen LogP contribution in [0.4, 0.5) is 0 Å². The number of aromatic nitrogens is 2. The number of benzene rings is 2. The molecule has 0 aliphatic carbocycles. The number of methoxy groups -OCH3 is 2. The first-order valence-electron chi connectivity index (χ1n) is 8.41. The van der Waals surface area contributed by atoms with E-state index in [0.717, 1.165) is 27.2 Å². The molecule has 0 aliphatic rings. The molecule has 136 valence electrons. The van der Waals surface area contributed by atoms with Gasteiger partial charge >= 0.3 is 0 Å². The summed E-state index contributed by atoms with van der Waals surface area (Å²) in [7, 11) is 3.20. The Morgan fingerprint density at radius 3 is 2.56 bits per heavy atom. The largest absolute Gasteiger partial charge is 0.493 e. The van der Waals surface area contributed by atoms with E-state index in [1.807, 2.05) is 54.8 Å². The molecule has 0 fully saturated rings. The molecule has 0 bridgehead atoms. The van der Waals surface area contributed by atoms with Gasteiger partial charge < -0.3 is 9.47 Å². The van der Waals surface area contributed by atoms with Crippen molar-refractivity contribution in [2.45, 2.75) is 6.92 Å². The second-order valence-corrected chi connectivity index (χ2v) is 6.96. The van der Waals surface area contributed by atoms with E-state index in [9.17, 15) is 4.79 Å². The Morgan fingerprint density at radius 2 is 1.81 bits per heavy atom. The van der Waals surface area contributed by atoms with Crippen molar-refractivity contribution in [1.29, 1.82) is 0 Å². The van der Waals surface area contributed by atoms with E-state index < -0.39 is 0 Å². The van der Waals surface area contributed by atoms with Crippen LogP contribution in [-0.2, 0) is 0 Å². The lowest BCUT2D eigenvalue weighted by Crippen LogP contribution is -2.19. The molecule has 2 heterocycles. The predicted octanol–water partition coefficient (Wildman–Crippen LogP) is 4.44. The molecule has 0 spiro atoms. The van der Waals surface area contributed by atoms with Gasteiger partial charge in [0.05, 0.1) is 25.3 Å². The number of nitrogens with zero attached hydrogens (tertiary/aromatic N) is 2. The molecule has 0 atom stereocenters. The summed E-state index contributed by atoms with van der Waals surface area (Å²) in [4.78, 5) is 18.5. The first-order chi connectivity index (χ1) is 13.1. The van der Waals surface area contributed by atoms with E-state index in [0.29, 0.717) is 16.9 Å². The Hall–Kier alpha value is -3.12. The van der Waals surface area contributed by atoms with Gasteiger partial charge in [-0.3, -0.25) is 9.36 Å². The molecule has 0 aliphatic heterocycles. The molecule has 27 heavy (non-hydrogen) atoms. The number of hydrogen-bond acceptors (Lipinski definition) is 5. The van der Waals surface area contributed by atoms with Crippen LogP contribution in [0.25, 0.3) is 27.0 Å². The molecular weight excluding hydrogens is 360 g/mol. The maximum Gasteiger partial charge on any atom is 0.267 e. The van der Waals surface area contributed by atoms with Crippen molar-refractivity contribution < 1.29 is 9.47 Å². The number of ether oxygens (including phenoxy) is 2. The molecule has 0 unspecified atom stereocenters. The van der Waals surface area contributed by atoms with Gasteiger partial charge in [0, 0.05) is 10.9 Å². The van der Waals surface area contributed by atoms with Gasteiger partial charge in [-0.15, -0.1) is 11.3 Å². The summed E-state index contributed by atoms with van der Waals surface area (Å²) in [6, 6.07) is 13.4. The van der Waals surface area contributed by atoms with E-state index in [2.05, 4.69) is 4.98 Å². The molecule has 2 aromatic heterocycles. The first kappa shape index (κ1) is 17.3. The fraction of sp³-hybridized carbons (Fsp3) is 0.143. The zero-order chi connectivity index (χ0) is 19.0. The van der Waals surface area contributed by atoms with Crippen molar-refractivity contribution in [3.8, 4) is 28.3 Å². The van der Waals surface area contributed by atoms with Crippen molar-refractivity contribution in [2.24, 2.45) is 0 Å². The molecule has 4 aromatic rings. The van der Waals surface area contributed by atoms with E-state index in [4.69, 9.17) is 9.47 Å². The Kier molecular flexibility index (Phi) is 4.41. The van der Waals surface area contributed by atoms with Gasteiger partial charge in [0.1, 0.15) is 11.2 Å². The molecule has 0 radical (unpaired) electrons. The quantitative estimate of drug-likeness (QED) is 0.527. The second-order valence-electron chi connectivity index (χ2n) is 6.11. The Bertz CT molecular complexity index is 1190. The van der Waals surface area contributed by atoms with Crippen LogP contribution in [-0.4, -0.2) is 23.8 Å². The van der Waals surface area contributed by atoms with Crippen LogP contribution in [0.5, 0.6) is 11.5 Å². The van der Waals surface area contributed by atoms with Crippen molar-refractivity contribution in [1.82, 2.24) is 9.55 Å². The maximum absolute atomic E-state index is 13.3. The summed E-state index contributed by atoms with van der Waals surface area (Å²) in [5, 5.41) is 2.57. The normalized spacial score (nSPS) is 10.9. The van der Waals surface area contributed by atoms with Crippen molar-refractivity contribution in [3.05, 3.63) is 70.1 Å². The SMILES string of the molecule is COc1ccc(-c2csc3ncn(-c4ccccc4C)c(=O)c23)cc1OC. The minimum atomic E-state index is -0.0830. The third-order valence-electron chi connectivity index (χ3n) is 4.56. The molecule has 0 amide bonds. The van der Waals surface area contributed by atoms with Gasteiger partial charge in [0.15, 0.2) is 11.5 Å². The number of para-hydroxylation sites is 1. The van der Waals surface area contributed by atoms with Crippen molar-refractivity contribution in [2.75, 3.05) is 14.2 Å². The lowest BCUT2D eigenvalue weighted by molar-refractivity contribution is 0.355. The van der Waals surface area contributed by atoms with Gasteiger partial charge in [0.2, 0.25) is 0 Å². The Balaban J connectivity index is 1.95. The van der Waals surface area contributed by atoms with Crippen LogP contribution in [0.2, 0.25) is 0 Å². The first-order valence-corrected chi connectivity index (χ1v) is 9.29. The maximum atomic E-state index is 13.3. The van der Waals surface area contributed by atoms with Crippen LogP contribution < -0.4 is 15.0 Å². The van der Waals surface area contributed by atoms with Gasteiger partial charge in [-0.2, -0.15) is 0 Å². The van der Waals surface area contributed by atoms with Gasteiger partial charge in [-0.25, -0.2) is 4.98 Å². The van der Waals surface area contributed by atoms with Crippen LogP contribution in [0, 0.1) is 6.92 Å². The van der Waals surface area contributed by atoms with E-state index in [-0.39, 0.29) is 5.56 Å². The van der Waals surface area contributed by atoms with Crippen LogP contribution >= 0.6 is 11.3 Å². The fourth-order valence-electron chi connectivity index (χ4n) is 3.15. The molecule has 0 N–H and O–H groups in total. The second kappa shape index (κ2) is 6.89. The highest BCUT2D eigenvalue weighted by Crippen LogP contribution is 2.36. The average molecular weight is 378 g/mol. The van der Waals surface area contributed by atoms with Crippen molar-refractivity contribution >= 4 is 21.6 Å². The third kappa shape index (κ3) is 2.88. The van der Waals surface area contributed by atoms with Gasteiger partial charge in [0.25, 0.3) is 5.56 Å². The standard InChI is InChI=1S/C21H18N2O3S/c1-13-6-4-5-7-16(13)23-12-22-20-19(21(23)24)15(11-27-20)14-8-9-17(25-2)18(10-14)26-3/h4-12H,1-3H3. The monoisotopic (exact) mass is 378 g/mol. The average Bonchev–Trinajstić information content (AvgIpc) is 3.13. The number of thiophene rings is 1. The van der Waals surface area contributed by atoms with Gasteiger partial charge in [-0.05, 0) is 36.2 Å². The van der Waals surface area contributed by atoms with Crippen molar-refractivity contribution in [3.63, 3.8) is 0 Å². The summed E-state index contributed by atoms with van der Waals surface area (Å²) >= 11 is 1.46. The van der Waals surface area contributed by atoms with Crippen LogP contribution in [0.15, 0.2) is 59.0 Å². The number of hydrogen-bond donors (Lipinski definition) is 0. The topological polar surface area (TPSA) is 53.4 Å². The van der Waals surface area contributed by atoms with Crippen LogP contribution in [0.3, 0.4) is 0 Å². The lowest BCUT2D eigenvalue weighted by Gasteiger charge is -2.10. The summed E-state index contributed by atoms with van der Waals surface area (Å²) in [6.45, 7) is 1.98. The zero-order valence-corrected chi connectivity index (χ0v) is 16.0. The predicted molar refractivity (Wildman–Crippen MR) is 108 cm³/mol. The zero-order valence-electron chi connectivity index (χ0n) is 15.2. The van der Waals surface area contributed by atoms with E-state index >= 15 is 0 Å². The van der Waals surface area contributed by atoms with Gasteiger partial charge in [-0.1, -0.05) is 24.3 Å².